The largest absolute Gasteiger partial charge is 0.507 e. The molecule has 2 rings (SSSR count). The molecule has 1 atom stereocenters. The zero-order chi connectivity index (χ0) is 14.5. The number of rotatable bonds is 4. The van der Waals surface area contributed by atoms with Crippen molar-refractivity contribution >= 4 is 5.91 Å². The van der Waals surface area contributed by atoms with Crippen LogP contribution in [0.4, 0.5) is 0 Å². The maximum absolute atomic E-state index is 12.3. The molecule has 20 heavy (non-hydrogen) atoms. The van der Waals surface area contributed by atoms with Gasteiger partial charge in [0.15, 0.2) is 0 Å². The van der Waals surface area contributed by atoms with E-state index in [0.717, 1.165) is 19.3 Å². The highest BCUT2D eigenvalue weighted by Gasteiger charge is 2.25. The van der Waals surface area contributed by atoms with Gasteiger partial charge in [-0.1, -0.05) is 32.3 Å². The molecule has 0 radical (unpaired) electrons. The molecule has 1 fully saturated rings. The standard InChI is InChI=1S/C16H23NO3/c1-2-12(11-7-4-3-5-8-11)17-16(20)15-13(18)9-6-10-14(15)19/h6,9-12,18-19H,2-5,7-8H2,1H3,(H,17,20). The molecule has 0 aromatic heterocycles. The Morgan fingerprint density at radius 2 is 1.85 bits per heavy atom. The van der Waals surface area contributed by atoms with E-state index in [1.54, 1.807) is 0 Å². The molecule has 1 amide bonds. The monoisotopic (exact) mass is 277 g/mol. The van der Waals surface area contributed by atoms with Crippen LogP contribution >= 0.6 is 0 Å². The molecule has 3 N–H and O–H groups in total. The highest BCUT2D eigenvalue weighted by Crippen LogP contribution is 2.30. The van der Waals surface area contributed by atoms with Gasteiger partial charge in [0.25, 0.3) is 5.91 Å². The normalized spacial score (nSPS) is 17.6. The quantitative estimate of drug-likeness (QED) is 0.791. The van der Waals surface area contributed by atoms with E-state index in [1.807, 2.05) is 0 Å². The first kappa shape index (κ1) is 14.7. The first-order valence-corrected chi connectivity index (χ1v) is 7.45. The van der Waals surface area contributed by atoms with Gasteiger partial charge in [0.1, 0.15) is 17.1 Å². The van der Waals surface area contributed by atoms with Crippen molar-refractivity contribution in [1.82, 2.24) is 5.32 Å². The minimum atomic E-state index is -0.391. The minimum Gasteiger partial charge on any atom is -0.507 e. The average molecular weight is 277 g/mol. The van der Waals surface area contributed by atoms with Crippen LogP contribution in [0.2, 0.25) is 0 Å². The molecule has 0 bridgehead atoms. The predicted octanol–water partition coefficient (Wildman–Crippen LogP) is 3.19. The van der Waals surface area contributed by atoms with Gasteiger partial charge in [0.2, 0.25) is 0 Å². The Morgan fingerprint density at radius 1 is 1.25 bits per heavy atom. The van der Waals surface area contributed by atoms with Gasteiger partial charge in [-0.25, -0.2) is 0 Å². The van der Waals surface area contributed by atoms with Crippen LogP contribution in [0.15, 0.2) is 18.2 Å². The Bertz CT molecular complexity index is 447. The summed E-state index contributed by atoms with van der Waals surface area (Å²) in [5.41, 5.74) is -0.0261. The summed E-state index contributed by atoms with van der Waals surface area (Å²) in [5, 5.41) is 22.4. The van der Waals surface area contributed by atoms with Gasteiger partial charge in [-0.3, -0.25) is 4.79 Å². The van der Waals surface area contributed by atoms with Crippen LogP contribution in [0.1, 0.15) is 55.8 Å². The summed E-state index contributed by atoms with van der Waals surface area (Å²) in [7, 11) is 0. The lowest BCUT2D eigenvalue weighted by Gasteiger charge is -2.30. The molecular weight excluding hydrogens is 254 g/mol. The number of nitrogens with one attached hydrogen (secondary N) is 1. The predicted molar refractivity (Wildman–Crippen MR) is 77.9 cm³/mol. The van der Waals surface area contributed by atoms with Crippen LogP contribution < -0.4 is 5.32 Å². The molecule has 1 aromatic rings. The molecule has 0 heterocycles. The van der Waals surface area contributed by atoms with Crippen LogP contribution in [0.3, 0.4) is 0 Å². The third-order valence-corrected chi connectivity index (χ3v) is 4.22. The molecule has 1 unspecified atom stereocenters. The molecule has 1 aromatic carbocycles. The van der Waals surface area contributed by atoms with Gasteiger partial charge in [-0.15, -0.1) is 0 Å². The molecular formula is C16H23NO3. The minimum absolute atomic E-state index is 0.0261. The van der Waals surface area contributed by atoms with E-state index in [-0.39, 0.29) is 23.1 Å². The number of phenols is 2. The Labute approximate surface area is 119 Å². The molecule has 1 aliphatic rings. The average Bonchev–Trinajstić information content (AvgIpc) is 2.45. The zero-order valence-electron chi connectivity index (χ0n) is 11.9. The van der Waals surface area contributed by atoms with Crippen LogP contribution in [-0.4, -0.2) is 22.2 Å². The fraction of sp³-hybridized carbons (Fsp3) is 0.562. The molecule has 0 saturated heterocycles. The summed E-state index contributed by atoms with van der Waals surface area (Å²) in [5.74, 6) is -0.245. The number of carbonyl (C=O) groups is 1. The molecule has 110 valence electrons. The van der Waals surface area contributed by atoms with E-state index in [9.17, 15) is 15.0 Å². The van der Waals surface area contributed by atoms with E-state index in [2.05, 4.69) is 12.2 Å². The number of amides is 1. The first-order valence-electron chi connectivity index (χ1n) is 7.45. The lowest BCUT2D eigenvalue weighted by Crippen LogP contribution is -2.40. The highest BCUT2D eigenvalue weighted by molar-refractivity contribution is 5.99. The fourth-order valence-corrected chi connectivity index (χ4v) is 3.09. The van der Waals surface area contributed by atoms with Crippen molar-refractivity contribution in [2.24, 2.45) is 5.92 Å². The van der Waals surface area contributed by atoms with Crippen molar-refractivity contribution in [3.63, 3.8) is 0 Å². The van der Waals surface area contributed by atoms with Crippen LogP contribution in [0.5, 0.6) is 11.5 Å². The lowest BCUT2D eigenvalue weighted by molar-refractivity contribution is 0.0905. The first-order chi connectivity index (χ1) is 9.63. The highest BCUT2D eigenvalue weighted by atomic mass is 16.3. The summed E-state index contributed by atoms with van der Waals surface area (Å²) in [6, 6.07) is 4.45. The molecule has 4 nitrogen and oxygen atoms in total. The summed E-state index contributed by atoms with van der Waals surface area (Å²) in [6.07, 6.45) is 6.88. The second-order valence-electron chi connectivity index (χ2n) is 5.56. The number of benzene rings is 1. The van der Waals surface area contributed by atoms with Gasteiger partial charge < -0.3 is 15.5 Å². The van der Waals surface area contributed by atoms with Crippen molar-refractivity contribution in [1.29, 1.82) is 0 Å². The van der Waals surface area contributed by atoms with E-state index in [1.165, 1.54) is 37.5 Å². The van der Waals surface area contributed by atoms with Crippen molar-refractivity contribution in [2.75, 3.05) is 0 Å². The Balaban J connectivity index is 2.09. The van der Waals surface area contributed by atoms with Crippen molar-refractivity contribution < 1.29 is 15.0 Å². The fourth-order valence-electron chi connectivity index (χ4n) is 3.09. The van der Waals surface area contributed by atoms with E-state index in [0.29, 0.717) is 5.92 Å². The number of aromatic hydroxyl groups is 2. The summed E-state index contributed by atoms with van der Waals surface area (Å²) in [4.78, 5) is 12.3. The lowest BCUT2D eigenvalue weighted by atomic mass is 9.83. The number of hydrogen-bond donors (Lipinski definition) is 3. The van der Waals surface area contributed by atoms with Gasteiger partial charge in [0.05, 0.1) is 0 Å². The van der Waals surface area contributed by atoms with Crippen molar-refractivity contribution in [2.45, 2.75) is 51.5 Å². The van der Waals surface area contributed by atoms with Gasteiger partial charge in [0, 0.05) is 6.04 Å². The Kier molecular flexibility index (Phi) is 4.88. The summed E-state index contributed by atoms with van der Waals surface area (Å²) in [6.45, 7) is 2.06. The van der Waals surface area contributed by atoms with Crippen molar-refractivity contribution in [3.8, 4) is 11.5 Å². The Hall–Kier alpha value is -1.71. The molecule has 4 heteroatoms. The zero-order valence-corrected chi connectivity index (χ0v) is 11.9. The van der Waals surface area contributed by atoms with Crippen LogP contribution in [0, 0.1) is 5.92 Å². The number of carbonyl (C=O) groups excluding carboxylic acids is 1. The molecule has 1 aliphatic carbocycles. The van der Waals surface area contributed by atoms with Gasteiger partial charge >= 0.3 is 0 Å². The number of hydrogen-bond acceptors (Lipinski definition) is 3. The van der Waals surface area contributed by atoms with Gasteiger partial charge in [-0.2, -0.15) is 0 Å². The maximum Gasteiger partial charge on any atom is 0.259 e. The van der Waals surface area contributed by atoms with E-state index in [4.69, 9.17) is 0 Å². The van der Waals surface area contributed by atoms with E-state index < -0.39 is 5.91 Å². The van der Waals surface area contributed by atoms with Gasteiger partial charge in [-0.05, 0) is 37.3 Å². The van der Waals surface area contributed by atoms with Crippen LogP contribution in [-0.2, 0) is 0 Å². The molecule has 0 aliphatic heterocycles. The smallest absolute Gasteiger partial charge is 0.259 e. The molecule has 1 saturated carbocycles. The van der Waals surface area contributed by atoms with Crippen molar-refractivity contribution in [3.05, 3.63) is 23.8 Å². The van der Waals surface area contributed by atoms with Crippen LogP contribution in [0.25, 0.3) is 0 Å². The molecule has 0 spiro atoms. The maximum atomic E-state index is 12.3. The SMILES string of the molecule is CCC(NC(=O)c1c(O)cccc1O)C1CCCCC1. The van der Waals surface area contributed by atoms with E-state index >= 15 is 0 Å². The summed E-state index contributed by atoms with van der Waals surface area (Å²) < 4.78 is 0. The second-order valence-corrected chi connectivity index (χ2v) is 5.56. The Morgan fingerprint density at radius 3 is 2.40 bits per heavy atom. The third-order valence-electron chi connectivity index (χ3n) is 4.22. The second kappa shape index (κ2) is 6.64. The topological polar surface area (TPSA) is 69.6 Å². The summed E-state index contributed by atoms with van der Waals surface area (Å²) >= 11 is 0. The number of phenolic OH excluding ortho intramolecular Hbond substituents is 2. The third kappa shape index (κ3) is 3.24.